The number of nitrogens with one attached hydrogen (secondary N) is 2. The largest absolute Gasteiger partial charge is 0.392 e. The van der Waals surface area contributed by atoms with Crippen molar-refractivity contribution in [3.05, 3.63) is 29.8 Å². The maximum absolute atomic E-state index is 11.9. The molecular weight excluding hydrogens is 280 g/mol. The van der Waals surface area contributed by atoms with Gasteiger partial charge in [0.05, 0.1) is 11.0 Å². The molecule has 0 spiro atoms. The van der Waals surface area contributed by atoms with Crippen LogP contribution in [0.5, 0.6) is 0 Å². The van der Waals surface area contributed by atoms with E-state index in [0.717, 1.165) is 0 Å². The van der Waals surface area contributed by atoms with E-state index in [1.54, 1.807) is 20.8 Å². The summed E-state index contributed by atoms with van der Waals surface area (Å²) in [6.07, 6.45) is -0.631. The molecule has 20 heavy (non-hydrogen) atoms. The van der Waals surface area contributed by atoms with Crippen LogP contribution in [0.15, 0.2) is 29.2 Å². The second kappa shape index (κ2) is 6.83. The summed E-state index contributed by atoms with van der Waals surface area (Å²) in [7, 11) is -3.55. The third-order valence-electron chi connectivity index (χ3n) is 2.38. The van der Waals surface area contributed by atoms with E-state index >= 15 is 0 Å². The Labute approximate surface area is 119 Å². The van der Waals surface area contributed by atoms with Crippen LogP contribution in [0.3, 0.4) is 0 Å². The predicted octanol–water partition coefficient (Wildman–Crippen LogP) is 0.484. The van der Waals surface area contributed by atoms with E-state index in [1.807, 2.05) is 0 Å². The highest BCUT2D eigenvalue weighted by molar-refractivity contribution is 7.89. The number of carbonyl (C=O) groups is 1. The normalized spacial score (nSPS) is 13.2. The molecular formula is C13H20N2O4S. The number of aliphatic hydroxyl groups excluding tert-OH is 1. The first-order valence-corrected chi connectivity index (χ1v) is 7.79. The molecule has 6 nitrogen and oxygen atoms in total. The fraction of sp³-hybridized carbons (Fsp3) is 0.462. The van der Waals surface area contributed by atoms with Crippen LogP contribution in [0.4, 0.5) is 0 Å². The predicted molar refractivity (Wildman–Crippen MR) is 75.9 cm³/mol. The van der Waals surface area contributed by atoms with Crippen molar-refractivity contribution in [2.45, 2.75) is 37.8 Å². The number of amides is 1. The molecule has 0 fully saturated rings. The van der Waals surface area contributed by atoms with Gasteiger partial charge in [-0.3, -0.25) is 4.79 Å². The summed E-state index contributed by atoms with van der Waals surface area (Å²) < 4.78 is 26.3. The number of hydrogen-bond donors (Lipinski definition) is 3. The number of hydrogen-bond acceptors (Lipinski definition) is 4. The summed E-state index contributed by atoms with van der Waals surface area (Å²) in [5, 5.41) is 11.6. The van der Waals surface area contributed by atoms with Crippen molar-refractivity contribution < 1.29 is 18.3 Å². The van der Waals surface area contributed by atoms with Gasteiger partial charge in [0, 0.05) is 18.2 Å². The Kier molecular flexibility index (Phi) is 5.67. The molecule has 112 valence electrons. The molecule has 1 aromatic carbocycles. The van der Waals surface area contributed by atoms with Crippen LogP contribution in [0.2, 0.25) is 0 Å². The van der Waals surface area contributed by atoms with E-state index in [4.69, 9.17) is 5.11 Å². The topological polar surface area (TPSA) is 95.5 Å². The van der Waals surface area contributed by atoms with Crippen LogP contribution in [-0.2, 0) is 10.0 Å². The molecule has 1 rings (SSSR count). The van der Waals surface area contributed by atoms with Crippen molar-refractivity contribution in [2.75, 3.05) is 6.54 Å². The summed E-state index contributed by atoms with van der Waals surface area (Å²) in [5.74, 6) is -0.355. The number of sulfonamides is 1. The van der Waals surface area contributed by atoms with Gasteiger partial charge >= 0.3 is 0 Å². The lowest BCUT2D eigenvalue weighted by Gasteiger charge is -2.10. The lowest BCUT2D eigenvalue weighted by Crippen LogP contribution is -2.31. The van der Waals surface area contributed by atoms with Gasteiger partial charge in [0.25, 0.3) is 5.91 Å². The molecule has 0 saturated carbocycles. The minimum absolute atomic E-state index is 0.110. The zero-order valence-corrected chi connectivity index (χ0v) is 12.6. The monoisotopic (exact) mass is 300 g/mol. The third kappa shape index (κ3) is 4.92. The average molecular weight is 300 g/mol. The first-order valence-electron chi connectivity index (χ1n) is 6.31. The fourth-order valence-electron chi connectivity index (χ4n) is 1.51. The average Bonchev–Trinajstić information content (AvgIpc) is 2.34. The molecule has 0 aliphatic heterocycles. The highest BCUT2D eigenvalue weighted by atomic mass is 32.2. The van der Waals surface area contributed by atoms with Crippen molar-refractivity contribution in [1.29, 1.82) is 0 Å². The summed E-state index contributed by atoms with van der Waals surface area (Å²) in [6, 6.07) is 5.43. The molecule has 0 unspecified atom stereocenters. The van der Waals surface area contributed by atoms with E-state index in [-0.39, 0.29) is 23.4 Å². The van der Waals surface area contributed by atoms with Crippen LogP contribution in [-0.4, -0.2) is 38.1 Å². The third-order valence-corrected chi connectivity index (χ3v) is 4.05. The molecule has 3 N–H and O–H groups in total. The van der Waals surface area contributed by atoms with Crippen LogP contribution in [0, 0.1) is 0 Å². The van der Waals surface area contributed by atoms with Gasteiger partial charge in [-0.05, 0) is 45.0 Å². The number of aliphatic hydroxyl groups is 1. The van der Waals surface area contributed by atoms with Crippen molar-refractivity contribution in [1.82, 2.24) is 10.0 Å². The quantitative estimate of drug-likeness (QED) is 0.712. The molecule has 1 atom stereocenters. The van der Waals surface area contributed by atoms with Crippen molar-refractivity contribution in [3.8, 4) is 0 Å². The summed E-state index contributed by atoms with van der Waals surface area (Å²) in [5.41, 5.74) is 0.342. The maximum atomic E-state index is 11.9. The maximum Gasteiger partial charge on any atom is 0.251 e. The Hall–Kier alpha value is -1.44. The van der Waals surface area contributed by atoms with Crippen LogP contribution in [0.25, 0.3) is 0 Å². The van der Waals surface area contributed by atoms with Gasteiger partial charge in [0.2, 0.25) is 10.0 Å². The zero-order chi connectivity index (χ0) is 15.3. The molecule has 0 saturated heterocycles. The lowest BCUT2D eigenvalue weighted by molar-refractivity contribution is 0.0924. The minimum atomic E-state index is -3.55. The van der Waals surface area contributed by atoms with Gasteiger partial charge in [-0.2, -0.15) is 0 Å². The fourth-order valence-corrected chi connectivity index (χ4v) is 2.76. The Morgan fingerprint density at radius 1 is 1.20 bits per heavy atom. The minimum Gasteiger partial charge on any atom is -0.392 e. The van der Waals surface area contributed by atoms with Crippen LogP contribution < -0.4 is 10.0 Å². The van der Waals surface area contributed by atoms with Crippen molar-refractivity contribution >= 4 is 15.9 Å². The van der Waals surface area contributed by atoms with Gasteiger partial charge in [-0.15, -0.1) is 0 Å². The highest BCUT2D eigenvalue weighted by Gasteiger charge is 2.16. The molecule has 0 aliphatic rings. The first kappa shape index (κ1) is 16.6. The van der Waals surface area contributed by atoms with Gasteiger partial charge < -0.3 is 10.4 Å². The van der Waals surface area contributed by atoms with E-state index in [9.17, 15) is 13.2 Å². The molecule has 1 amide bonds. The molecule has 7 heteroatoms. The van der Waals surface area contributed by atoms with Crippen molar-refractivity contribution in [3.63, 3.8) is 0 Å². The standard InChI is InChI=1S/C13H20N2O4S/c1-9(2)15-20(18,19)12-6-4-11(5-7-12)13(17)14-8-10(3)16/h4-7,9-10,15-16H,8H2,1-3H3,(H,14,17)/t10-/m0/s1. The van der Waals surface area contributed by atoms with E-state index < -0.39 is 16.1 Å². The summed E-state index contributed by atoms with van der Waals surface area (Å²) in [6.45, 7) is 5.17. The highest BCUT2D eigenvalue weighted by Crippen LogP contribution is 2.11. The second-order valence-corrected chi connectivity index (χ2v) is 6.57. The van der Waals surface area contributed by atoms with E-state index in [2.05, 4.69) is 10.0 Å². The van der Waals surface area contributed by atoms with Gasteiger partial charge in [-0.25, -0.2) is 13.1 Å². The van der Waals surface area contributed by atoms with Gasteiger partial charge in [-0.1, -0.05) is 0 Å². The van der Waals surface area contributed by atoms with Crippen molar-refractivity contribution in [2.24, 2.45) is 0 Å². The van der Waals surface area contributed by atoms with E-state index in [0.29, 0.717) is 5.56 Å². The number of rotatable bonds is 6. The van der Waals surface area contributed by atoms with Gasteiger partial charge in [0.15, 0.2) is 0 Å². The second-order valence-electron chi connectivity index (χ2n) is 4.86. The molecule has 0 heterocycles. The SMILES string of the molecule is CC(C)NS(=O)(=O)c1ccc(C(=O)NC[C@H](C)O)cc1. The Bertz CT molecular complexity index is 550. The molecule has 0 aromatic heterocycles. The van der Waals surface area contributed by atoms with E-state index in [1.165, 1.54) is 24.3 Å². The zero-order valence-electron chi connectivity index (χ0n) is 11.8. The number of carbonyl (C=O) groups excluding carboxylic acids is 1. The van der Waals surface area contributed by atoms with Crippen LogP contribution >= 0.6 is 0 Å². The molecule has 0 bridgehead atoms. The lowest BCUT2D eigenvalue weighted by atomic mass is 10.2. The van der Waals surface area contributed by atoms with Gasteiger partial charge in [0.1, 0.15) is 0 Å². The Morgan fingerprint density at radius 3 is 2.20 bits per heavy atom. The van der Waals surface area contributed by atoms with Crippen LogP contribution in [0.1, 0.15) is 31.1 Å². The first-order chi connectivity index (χ1) is 9.22. The summed E-state index contributed by atoms with van der Waals surface area (Å²) >= 11 is 0. The molecule has 0 radical (unpaired) electrons. The Balaban J connectivity index is 2.81. The molecule has 0 aliphatic carbocycles. The molecule has 1 aromatic rings. The number of benzene rings is 1. The Morgan fingerprint density at radius 2 is 1.75 bits per heavy atom. The smallest absolute Gasteiger partial charge is 0.251 e. The summed E-state index contributed by atoms with van der Waals surface area (Å²) in [4.78, 5) is 11.8.